The van der Waals surface area contributed by atoms with Gasteiger partial charge in [-0.05, 0) is 43.3 Å². The number of thiocarbonyl (C=S) groups is 1. The van der Waals surface area contributed by atoms with Crippen LogP contribution in [0.1, 0.15) is 25.7 Å². The van der Waals surface area contributed by atoms with Gasteiger partial charge in [0, 0.05) is 17.5 Å². The summed E-state index contributed by atoms with van der Waals surface area (Å²) in [5.74, 6) is 4.33. The third-order valence-corrected chi connectivity index (χ3v) is 7.97. The molecule has 0 aromatic rings. The summed E-state index contributed by atoms with van der Waals surface area (Å²) in [7, 11) is 0. The minimum Gasteiger partial charge on any atom is -0.359 e. The Balaban J connectivity index is 1.32. The summed E-state index contributed by atoms with van der Waals surface area (Å²) in [5, 5.41) is 8.03. The number of rotatable bonds is 2. The average molecular weight is 302 g/mol. The summed E-state index contributed by atoms with van der Waals surface area (Å²) in [6.07, 6.45) is 5.63. The monoisotopic (exact) mass is 301 g/mol. The first-order valence-corrected chi connectivity index (χ1v) is 9.39. The van der Waals surface area contributed by atoms with Crippen LogP contribution in [0.5, 0.6) is 0 Å². The highest BCUT2D eigenvalue weighted by Crippen LogP contribution is 2.45. The minimum absolute atomic E-state index is 0.625. The fourth-order valence-electron chi connectivity index (χ4n) is 3.87. The van der Waals surface area contributed by atoms with Crippen LogP contribution in [-0.4, -0.2) is 38.4 Å². The van der Waals surface area contributed by atoms with Gasteiger partial charge in [-0.3, -0.25) is 5.43 Å². The molecule has 0 amide bonds. The predicted octanol–water partition coefficient (Wildman–Crippen LogP) is 2.00. The summed E-state index contributed by atoms with van der Waals surface area (Å²) in [4.78, 5) is 0. The van der Waals surface area contributed by atoms with E-state index in [1.807, 2.05) is 0 Å². The highest BCUT2D eigenvalue weighted by Gasteiger charge is 2.43. The molecule has 5 atom stereocenters. The van der Waals surface area contributed by atoms with Crippen molar-refractivity contribution in [2.75, 3.05) is 11.5 Å². The van der Waals surface area contributed by atoms with E-state index in [0.717, 1.165) is 16.9 Å². The van der Waals surface area contributed by atoms with Gasteiger partial charge < -0.3 is 5.32 Å². The maximum absolute atomic E-state index is 5.49. The summed E-state index contributed by atoms with van der Waals surface area (Å²) in [5.41, 5.74) is 3.44. The molecule has 4 rings (SSSR count). The van der Waals surface area contributed by atoms with Crippen molar-refractivity contribution in [2.24, 2.45) is 11.8 Å². The Labute approximate surface area is 122 Å². The van der Waals surface area contributed by atoms with Crippen molar-refractivity contribution in [1.82, 2.24) is 15.8 Å². The molecule has 4 bridgehead atoms. The maximum atomic E-state index is 5.49. The summed E-state index contributed by atoms with van der Waals surface area (Å²) in [6, 6.07) is 0.643. The summed E-state index contributed by atoms with van der Waals surface area (Å²) < 4.78 is 0. The average Bonchev–Trinajstić information content (AvgIpc) is 3.11. The Morgan fingerprint density at radius 2 is 1.89 bits per heavy atom. The Hall–Kier alpha value is 0.350. The molecule has 0 aromatic heterocycles. The van der Waals surface area contributed by atoms with E-state index < -0.39 is 0 Å². The molecule has 0 spiro atoms. The fourth-order valence-corrected chi connectivity index (χ4v) is 7.26. The number of hydrogen-bond donors (Lipinski definition) is 2. The molecule has 0 unspecified atom stereocenters. The molecular formula is C12H19N3S3. The van der Waals surface area contributed by atoms with E-state index in [4.69, 9.17) is 12.2 Å². The molecule has 2 heterocycles. The second-order valence-corrected chi connectivity index (χ2v) is 8.68. The lowest BCUT2D eigenvalue weighted by Gasteiger charge is -2.28. The van der Waals surface area contributed by atoms with E-state index in [2.05, 4.69) is 39.3 Å². The van der Waals surface area contributed by atoms with Crippen LogP contribution in [0.2, 0.25) is 0 Å². The second-order valence-electron chi connectivity index (χ2n) is 5.85. The van der Waals surface area contributed by atoms with Crippen LogP contribution in [0.25, 0.3) is 0 Å². The minimum atomic E-state index is 0.625. The van der Waals surface area contributed by atoms with Crippen LogP contribution < -0.4 is 10.7 Å². The first-order chi connectivity index (χ1) is 8.79. The molecule has 2 saturated heterocycles. The largest absolute Gasteiger partial charge is 0.359 e. The molecule has 6 heteroatoms. The zero-order valence-electron chi connectivity index (χ0n) is 10.3. The summed E-state index contributed by atoms with van der Waals surface area (Å²) in [6.45, 7) is 0. The number of nitrogens with one attached hydrogen (secondary N) is 2. The number of thioether (sulfide) groups is 2. The molecule has 100 valence electrons. The zero-order valence-corrected chi connectivity index (χ0v) is 12.8. The van der Waals surface area contributed by atoms with Crippen LogP contribution in [0, 0.1) is 11.8 Å². The summed E-state index contributed by atoms with van der Waals surface area (Å²) >= 11 is 9.60. The first-order valence-electron chi connectivity index (χ1n) is 6.88. The fraction of sp³-hybridized carbons (Fsp3) is 0.917. The van der Waals surface area contributed by atoms with E-state index in [9.17, 15) is 0 Å². The number of fused-ring (bicyclic) bond motifs is 4. The normalized spacial score (nSPS) is 45.7. The van der Waals surface area contributed by atoms with E-state index in [1.165, 1.54) is 37.2 Å². The third kappa shape index (κ3) is 2.05. The van der Waals surface area contributed by atoms with E-state index >= 15 is 0 Å². The van der Waals surface area contributed by atoms with Crippen molar-refractivity contribution >= 4 is 40.9 Å². The Morgan fingerprint density at radius 1 is 1.11 bits per heavy atom. The molecule has 2 aliphatic carbocycles. The number of hydrogen-bond acceptors (Lipinski definition) is 4. The van der Waals surface area contributed by atoms with Gasteiger partial charge >= 0.3 is 0 Å². The molecule has 2 N–H and O–H groups in total. The number of nitrogens with zero attached hydrogens (tertiary/aromatic N) is 1. The topological polar surface area (TPSA) is 27.3 Å². The molecule has 4 aliphatic rings. The van der Waals surface area contributed by atoms with Crippen LogP contribution in [0.4, 0.5) is 0 Å². The highest BCUT2D eigenvalue weighted by atomic mass is 32.2. The van der Waals surface area contributed by atoms with Crippen LogP contribution in [0.15, 0.2) is 0 Å². The maximum Gasteiger partial charge on any atom is 0.181 e. The predicted molar refractivity (Wildman–Crippen MR) is 82.4 cm³/mol. The van der Waals surface area contributed by atoms with Gasteiger partial charge in [0.15, 0.2) is 5.11 Å². The molecular weight excluding hydrogens is 282 g/mol. The third-order valence-electron chi connectivity index (χ3n) is 4.77. The van der Waals surface area contributed by atoms with Gasteiger partial charge in [0.25, 0.3) is 0 Å². The van der Waals surface area contributed by atoms with Gasteiger partial charge in [-0.25, -0.2) is 0 Å². The van der Waals surface area contributed by atoms with Crippen molar-refractivity contribution in [2.45, 2.75) is 42.5 Å². The van der Waals surface area contributed by atoms with Gasteiger partial charge in [0.05, 0.1) is 10.7 Å². The van der Waals surface area contributed by atoms with Crippen molar-refractivity contribution in [3.05, 3.63) is 0 Å². The van der Waals surface area contributed by atoms with Gasteiger partial charge in [-0.1, -0.05) is 6.42 Å². The smallest absolute Gasteiger partial charge is 0.181 e. The Bertz CT molecular complexity index is 344. The standard InChI is InChI=1S/C12H19N3S3/c16-12(13-9-4-7-1-2-8(9)3-7)14-15-10-5-17-11(15)6-18-10/h7-11H,1-6H2,(H2,13,14,16)/t7-,8+,9+,10-,11+/m0/s1. The van der Waals surface area contributed by atoms with Gasteiger partial charge in [-0.2, -0.15) is 5.01 Å². The second kappa shape index (κ2) is 4.72. The highest BCUT2D eigenvalue weighted by molar-refractivity contribution is 8.07. The molecule has 2 saturated carbocycles. The van der Waals surface area contributed by atoms with Gasteiger partial charge in [-0.15, -0.1) is 23.5 Å². The Kier molecular flexibility index (Phi) is 3.18. The first kappa shape index (κ1) is 12.1. The SMILES string of the molecule is S=C(N[C@@H]1C[C@H]2CC[C@@H]1C2)NN1[C@@H]2CS[C@@H]1CS2. The lowest BCUT2D eigenvalue weighted by molar-refractivity contribution is 0.250. The van der Waals surface area contributed by atoms with E-state index in [0.29, 0.717) is 16.8 Å². The van der Waals surface area contributed by atoms with E-state index in [1.54, 1.807) is 0 Å². The van der Waals surface area contributed by atoms with Crippen molar-refractivity contribution in [1.29, 1.82) is 0 Å². The quantitative estimate of drug-likeness (QED) is 0.758. The molecule has 3 nitrogen and oxygen atoms in total. The van der Waals surface area contributed by atoms with Crippen molar-refractivity contribution in [3.63, 3.8) is 0 Å². The molecule has 2 aliphatic heterocycles. The van der Waals surface area contributed by atoms with Crippen LogP contribution in [-0.2, 0) is 0 Å². The van der Waals surface area contributed by atoms with Crippen molar-refractivity contribution < 1.29 is 0 Å². The Morgan fingerprint density at radius 3 is 2.44 bits per heavy atom. The lowest BCUT2D eigenvalue weighted by atomic mass is 9.96. The van der Waals surface area contributed by atoms with Gasteiger partial charge in [0.2, 0.25) is 0 Å². The molecule has 0 aromatic carbocycles. The van der Waals surface area contributed by atoms with Crippen molar-refractivity contribution in [3.8, 4) is 0 Å². The zero-order chi connectivity index (χ0) is 12.1. The molecule has 0 radical (unpaired) electrons. The molecule has 4 fully saturated rings. The van der Waals surface area contributed by atoms with Gasteiger partial charge in [0.1, 0.15) is 0 Å². The van der Waals surface area contributed by atoms with Crippen LogP contribution >= 0.6 is 35.7 Å². The molecule has 18 heavy (non-hydrogen) atoms. The van der Waals surface area contributed by atoms with E-state index in [-0.39, 0.29) is 0 Å². The lowest BCUT2D eigenvalue weighted by Crippen LogP contribution is -2.52. The number of hydrazine groups is 1. The van der Waals surface area contributed by atoms with Crippen LogP contribution in [0.3, 0.4) is 0 Å².